The average molecular weight is 364 g/mol. The van der Waals surface area contributed by atoms with Crippen LogP contribution in [0.4, 0.5) is 0 Å². The molecule has 0 saturated heterocycles. The van der Waals surface area contributed by atoms with Crippen LogP contribution >= 0.6 is 0 Å². The Morgan fingerprint density at radius 2 is 1.26 bits per heavy atom. The van der Waals surface area contributed by atoms with Crippen LogP contribution in [0.1, 0.15) is 0 Å². The van der Waals surface area contributed by atoms with Gasteiger partial charge < -0.3 is 10.2 Å². The molecule has 1 aromatic carbocycles. The van der Waals surface area contributed by atoms with E-state index in [0.29, 0.717) is 12.1 Å². The second kappa shape index (κ2) is 8.71. The summed E-state index contributed by atoms with van der Waals surface area (Å²) in [5.74, 6) is -2.32. The monoisotopic (exact) mass is 364 g/mol. The number of hydrogen-bond donors (Lipinski definition) is 4. The number of rotatable bonds is 2. The summed E-state index contributed by atoms with van der Waals surface area (Å²) in [6, 6.07) is 0.735. The summed E-state index contributed by atoms with van der Waals surface area (Å²) >= 11 is 0. The van der Waals surface area contributed by atoms with Crippen molar-refractivity contribution in [3.8, 4) is 11.5 Å². The van der Waals surface area contributed by atoms with Gasteiger partial charge in [0.1, 0.15) is 4.90 Å². The second-order valence-electron chi connectivity index (χ2n) is 2.74. The third-order valence-electron chi connectivity index (χ3n) is 1.60. The van der Waals surface area contributed by atoms with E-state index in [2.05, 4.69) is 0 Å². The molecule has 1 rings (SSSR count). The van der Waals surface area contributed by atoms with Gasteiger partial charge >= 0.3 is 0 Å². The molecule has 0 bridgehead atoms. The van der Waals surface area contributed by atoms with Crippen LogP contribution in [0.3, 0.4) is 0 Å². The fourth-order valence-corrected chi connectivity index (χ4v) is 2.14. The molecular formula is C6H6Na2O8S2Ti. The van der Waals surface area contributed by atoms with Gasteiger partial charge in [-0.3, -0.25) is 9.11 Å². The molecular weight excluding hydrogens is 358 g/mol. The first kappa shape index (κ1) is 25.3. The molecule has 13 heteroatoms. The number of benzene rings is 1. The molecule has 0 saturated carbocycles. The molecule has 96 valence electrons. The van der Waals surface area contributed by atoms with Crippen molar-refractivity contribution in [3.05, 3.63) is 12.1 Å². The molecule has 0 fully saturated rings. The van der Waals surface area contributed by atoms with E-state index in [-0.39, 0.29) is 80.8 Å². The fourth-order valence-electron chi connectivity index (χ4n) is 0.914. The first-order valence-electron chi connectivity index (χ1n) is 3.54. The van der Waals surface area contributed by atoms with Crippen LogP contribution in [0.25, 0.3) is 0 Å². The third-order valence-corrected chi connectivity index (χ3v) is 3.30. The van der Waals surface area contributed by atoms with Crippen molar-refractivity contribution in [3.63, 3.8) is 0 Å². The molecule has 4 N–H and O–H groups in total. The van der Waals surface area contributed by atoms with E-state index in [9.17, 15) is 16.8 Å². The maximum atomic E-state index is 10.7. The third kappa shape index (κ3) is 6.76. The summed E-state index contributed by atoms with van der Waals surface area (Å²) in [5.41, 5.74) is 0. The number of phenols is 2. The zero-order valence-corrected chi connectivity index (χ0v) is 17.1. The van der Waals surface area contributed by atoms with Gasteiger partial charge in [-0.05, 0) is 6.07 Å². The van der Waals surface area contributed by atoms with Gasteiger partial charge in [-0.15, -0.1) is 0 Å². The van der Waals surface area contributed by atoms with Gasteiger partial charge in [-0.25, -0.2) is 0 Å². The predicted molar refractivity (Wildman–Crippen MR) is 60.9 cm³/mol. The van der Waals surface area contributed by atoms with Gasteiger partial charge in [0.05, 0.1) is 4.90 Å². The summed E-state index contributed by atoms with van der Waals surface area (Å²) in [5, 5.41) is 18.1. The van der Waals surface area contributed by atoms with Gasteiger partial charge in [0.25, 0.3) is 20.2 Å². The minimum Gasteiger partial charge on any atom is -0.504 e. The fraction of sp³-hybridized carbons (Fsp3) is 0. The van der Waals surface area contributed by atoms with Crippen LogP contribution in [0.15, 0.2) is 21.9 Å². The first-order chi connectivity index (χ1) is 7.03. The summed E-state index contributed by atoms with van der Waals surface area (Å²) in [4.78, 5) is -2.20. The minimum atomic E-state index is -4.92. The zero-order valence-electron chi connectivity index (χ0n) is 9.89. The molecule has 0 aliphatic carbocycles. The van der Waals surface area contributed by atoms with Crippen LogP contribution in [0, 0.1) is 0 Å². The molecule has 19 heavy (non-hydrogen) atoms. The second-order valence-corrected chi connectivity index (χ2v) is 5.55. The van der Waals surface area contributed by atoms with Crippen molar-refractivity contribution in [1.29, 1.82) is 0 Å². The smallest absolute Gasteiger partial charge is 0.298 e. The number of hydrogen-bond acceptors (Lipinski definition) is 6. The standard InChI is InChI=1S/C6H6O8S2.2Na.Ti/c7-4-1-3(15(9,10)11)2-5(6(4)8)16(12,13)14;;;/h1-2,7-8H,(H,9,10,11)(H,12,13,14);;;. The van der Waals surface area contributed by atoms with E-state index in [0.717, 1.165) is 0 Å². The molecule has 2 radical (unpaired) electrons. The Kier molecular flexibility index (Phi) is 11.6. The molecule has 0 aliphatic heterocycles. The van der Waals surface area contributed by atoms with Crippen LogP contribution in [-0.4, -0.2) is 95.3 Å². The number of aromatic hydroxyl groups is 2. The van der Waals surface area contributed by atoms with Crippen LogP contribution in [0.5, 0.6) is 11.5 Å². The van der Waals surface area contributed by atoms with Crippen LogP contribution in [-0.2, 0) is 42.0 Å². The normalized spacial score (nSPS) is 10.6. The molecule has 0 amide bonds. The summed E-state index contributed by atoms with van der Waals surface area (Å²) < 4.78 is 59.9. The molecule has 0 spiro atoms. The maximum Gasteiger partial charge on any atom is 0.298 e. The Hall–Kier alpha value is 1.35. The van der Waals surface area contributed by atoms with E-state index in [4.69, 9.17) is 19.3 Å². The van der Waals surface area contributed by atoms with E-state index >= 15 is 0 Å². The van der Waals surface area contributed by atoms with E-state index in [1.54, 1.807) is 0 Å². The zero-order chi connectivity index (χ0) is 12.7. The topological polar surface area (TPSA) is 149 Å². The molecule has 0 atom stereocenters. The van der Waals surface area contributed by atoms with Crippen LogP contribution < -0.4 is 0 Å². The SMILES string of the molecule is O=S(=O)(O)c1cc(O)c(O)c(S(=O)(=O)O)c1.[Na].[Na].[Ti]. The molecule has 8 nitrogen and oxygen atoms in total. The van der Waals surface area contributed by atoms with Crippen molar-refractivity contribution in [1.82, 2.24) is 0 Å². The van der Waals surface area contributed by atoms with E-state index in [1.165, 1.54) is 0 Å². The Bertz CT molecular complexity index is 641. The Balaban J connectivity index is -0.000000853. The van der Waals surface area contributed by atoms with Crippen LogP contribution in [0.2, 0.25) is 0 Å². The molecule has 0 aliphatic rings. The minimum absolute atomic E-state index is 0. The molecule has 0 aromatic heterocycles. The van der Waals surface area contributed by atoms with Crippen molar-refractivity contribution < 1.29 is 57.9 Å². The molecule has 0 heterocycles. The van der Waals surface area contributed by atoms with Gasteiger partial charge in [0.15, 0.2) is 11.5 Å². The quantitative estimate of drug-likeness (QED) is 0.291. The Labute approximate surface area is 168 Å². The Morgan fingerprint density at radius 1 is 0.842 bits per heavy atom. The molecule has 0 unspecified atom stereocenters. The summed E-state index contributed by atoms with van der Waals surface area (Å²) in [6.07, 6.45) is 0. The first-order valence-corrected chi connectivity index (χ1v) is 6.42. The van der Waals surface area contributed by atoms with Crippen molar-refractivity contribution in [2.45, 2.75) is 9.79 Å². The van der Waals surface area contributed by atoms with Gasteiger partial charge in [-0.2, -0.15) is 16.8 Å². The van der Waals surface area contributed by atoms with Crippen molar-refractivity contribution >= 4 is 79.4 Å². The van der Waals surface area contributed by atoms with Gasteiger partial charge in [-0.1, -0.05) is 0 Å². The van der Waals surface area contributed by atoms with Crippen molar-refractivity contribution in [2.75, 3.05) is 0 Å². The summed E-state index contributed by atoms with van der Waals surface area (Å²) in [7, 11) is -9.70. The molecule has 1 aromatic rings. The van der Waals surface area contributed by atoms with E-state index in [1.807, 2.05) is 0 Å². The predicted octanol–water partition coefficient (Wildman–Crippen LogP) is -1.17. The van der Waals surface area contributed by atoms with Crippen molar-refractivity contribution in [2.24, 2.45) is 0 Å². The maximum absolute atomic E-state index is 10.7. The van der Waals surface area contributed by atoms with E-state index < -0.39 is 41.5 Å². The Morgan fingerprint density at radius 3 is 1.58 bits per heavy atom. The average Bonchev–Trinajstić information content (AvgIpc) is 2.05. The van der Waals surface area contributed by atoms with Gasteiger partial charge in [0.2, 0.25) is 0 Å². The number of phenolic OH excluding ortho intramolecular Hbond substituents is 2. The largest absolute Gasteiger partial charge is 0.504 e. The van der Waals surface area contributed by atoms with Gasteiger partial charge in [0, 0.05) is 86.9 Å². The summed E-state index contributed by atoms with van der Waals surface area (Å²) in [6.45, 7) is 0.